The molecule has 1 aromatic heterocycles. The summed E-state index contributed by atoms with van der Waals surface area (Å²) >= 11 is 0. The molecule has 4 nitrogen and oxygen atoms in total. The van der Waals surface area contributed by atoms with Crippen molar-refractivity contribution in [3.8, 4) is 0 Å². The van der Waals surface area contributed by atoms with Crippen LogP contribution in [0.1, 0.15) is 18.5 Å². The minimum atomic E-state index is -4.42. The van der Waals surface area contributed by atoms with E-state index in [2.05, 4.69) is 14.9 Å². The summed E-state index contributed by atoms with van der Waals surface area (Å²) in [7, 11) is 4.03. The topological polar surface area (TPSA) is 32.3 Å². The Hall–Kier alpha value is -1.37. The minimum absolute atomic E-state index is 0.173. The lowest BCUT2D eigenvalue weighted by Crippen LogP contribution is -2.42. The molecule has 0 saturated carbocycles. The predicted molar refractivity (Wildman–Crippen MR) is 66.0 cm³/mol. The Morgan fingerprint density at radius 2 is 1.89 bits per heavy atom. The first kappa shape index (κ1) is 14.0. The first-order valence-electron chi connectivity index (χ1n) is 6.19. The summed E-state index contributed by atoms with van der Waals surface area (Å²) in [6.45, 7) is 1.37. The van der Waals surface area contributed by atoms with Crippen molar-refractivity contribution in [2.45, 2.75) is 25.1 Å². The van der Waals surface area contributed by atoms with E-state index in [4.69, 9.17) is 0 Å². The van der Waals surface area contributed by atoms with Gasteiger partial charge < -0.3 is 9.80 Å². The number of rotatable bonds is 2. The van der Waals surface area contributed by atoms with Crippen LogP contribution < -0.4 is 4.90 Å². The molecule has 106 valence electrons. The summed E-state index contributed by atoms with van der Waals surface area (Å²) in [5.41, 5.74) is -0.882. The second-order valence-electron chi connectivity index (χ2n) is 4.92. The van der Waals surface area contributed by atoms with Crippen LogP contribution in [0.15, 0.2) is 12.3 Å². The van der Waals surface area contributed by atoms with E-state index in [0.717, 1.165) is 18.9 Å². The van der Waals surface area contributed by atoms with Crippen LogP contribution in [0.3, 0.4) is 0 Å². The zero-order valence-electron chi connectivity index (χ0n) is 11.0. The Morgan fingerprint density at radius 3 is 2.42 bits per heavy atom. The third-order valence-electron chi connectivity index (χ3n) is 3.41. The van der Waals surface area contributed by atoms with Gasteiger partial charge in [-0.3, -0.25) is 0 Å². The first-order valence-corrected chi connectivity index (χ1v) is 6.19. The SMILES string of the molecule is CN(C)C1CCN(c2nccc(C(F)(F)F)n2)CC1. The van der Waals surface area contributed by atoms with Gasteiger partial charge in [-0.15, -0.1) is 0 Å². The van der Waals surface area contributed by atoms with Gasteiger partial charge in [-0.05, 0) is 33.0 Å². The molecule has 0 radical (unpaired) electrons. The molecule has 1 aromatic rings. The van der Waals surface area contributed by atoms with E-state index < -0.39 is 11.9 Å². The number of hydrogen-bond acceptors (Lipinski definition) is 4. The molecule has 0 atom stereocenters. The highest BCUT2D eigenvalue weighted by atomic mass is 19.4. The van der Waals surface area contributed by atoms with Gasteiger partial charge in [0.05, 0.1) is 0 Å². The summed E-state index contributed by atoms with van der Waals surface area (Å²) in [6, 6.07) is 1.37. The van der Waals surface area contributed by atoms with Crippen molar-refractivity contribution in [3.05, 3.63) is 18.0 Å². The van der Waals surface area contributed by atoms with Crippen molar-refractivity contribution in [3.63, 3.8) is 0 Å². The number of aromatic nitrogens is 2. The van der Waals surface area contributed by atoms with Gasteiger partial charge in [0.1, 0.15) is 5.69 Å². The van der Waals surface area contributed by atoms with Crippen LogP contribution in [0.2, 0.25) is 0 Å². The molecule has 19 heavy (non-hydrogen) atoms. The highest BCUT2D eigenvalue weighted by Crippen LogP contribution is 2.28. The molecule has 0 bridgehead atoms. The molecule has 0 aromatic carbocycles. The number of piperidine rings is 1. The molecule has 1 saturated heterocycles. The van der Waals surface area contributed by atoms with Gasteiger partial charge in [-0.2, -0.15) is 13.2 Å². The lowest BCUT2D eigenvalue weighted by molar-refractivity contribution is -0.141. The fourth-order valence-corrected chi connectivity index (χ4v) is 2.24. The fourth-order valence-electron chi connectivity index (χ4n) is 2.24. The van der Waals surface area contributed by atoms with E-state index in [0.29, 0.717) is 19.1 Å². The standard InChI is InChI=1S/C12H17F3N4/c1-18(2)9-4-7-19(8-5-9)11-16-6-3-10(17-11)12(13,14)15/h3,6,9H,4-5,7-8H2,1-2H3. The third kappa shape index (κ3) is 3.34. The second-order valence-corrected chi connectivity index (χ2v) is 4.92. The highest BCUT2D eigenvalue weighted by Gasteiger charge is 2.33. The average Bonchev–Trinajstić information content (AvgIpc) is 2.38. The van der Waals surface area contributed by atoms with Crippen LogP contribution in [0.5, 0.6) is 0 Å². The van der Waals surface area contributed by atoms with E-state index in [9.17, 15) is 13.2 Å². The number of nitrogens with zero attached hydrogens (tertiary/aromatic N) is 4. The van der Waals surface area contributed by atoms with Gasteiger partial charge in [0.2, 0.25) is 5.95 Å². The molecular weight excluding hydrogens is 257 g/mol. The van der Waals surface area contributed by atoms with Crippen LogP contribution in [-0.4, -0.2) is 48.1 Å². The lowest BCUT2D eigenvalue weighted by atomic mass is 10.0. The predicted octanol–water partition coefficient (Wildman–Crippen LogP) is 2.03. The molecule has 1 aliphatic heterocycles. The Balaban J connectivity index is 2.08. The number of halogens is 3. The molecule has 2 rings (SSSR count). The maximum absolute atomic E-state index is 12.6. The Morgan fingerprint density at radius 1 is 1.26 bits per heavy atom. The quantitative estimate of drug-likeness (QED) is 0.826. The molecule has 0 N–H and O–H groups in total. The Kier molecular flexibility index (Phi) is 3.93. The summed E-state index contributed by atoms with van der Waals surface area (Å²) in [4.78, 5) is 11.5. The highest BCUT2D eigenvalue weighted by molar-refractivity contribution is 5.31. The summed E-state index contributed by atoms with van der Waals surface area (Å²) in [5, 5.41) is 0. The number of hydrogen-bond donors (Lipinski definition) is 0. The second kappa shape index (κ2) is 5.32. The molecule has 7 heteroatoms. The Labute approximate surface area is 110 Å². The van der Waals surface area contributed by atoms with Crippen LogP contribution in [0.25, 0.3) is 0 Å². The zero-order chi connectivity index (χ0) is 14.0. The largest absolute Gasteiger partial charge is 0.433 e. The van der Waals surface area contributed by atoms with E-state index in [1.807, 2.05) is 19.0 Å². The van der Waals surface area contributed by atoms with Gasteiger partial charge in [0.25, 0.3) is 0 Å². The van der Waals surface area contributed by atoms with Crippen molar-refractivity contribution in [1.82, 2.24) is 14.9 Å². The van der Waals surface area contributed by atoms with E-state index in [1.54, 1.807) is 0 Å². The van der Waals surface area contributed by atoms with Crippen LogP contribution in [0, 0.1) is 0 Å². The molecule has 0 spiro atoms. The van der Waals surface area contributed by atoms with E-state index >= 15 is 0 Å². The molecule has 0 unspecified atom stereocenters. The first-order chi connectivity index (χ1) is 8.88. The van der Waals surface area contributed by atoms with Crippen LogP contribution in [0.4, 0.5) is 19.1 Å². The normalized spacial score (nSPS) is 18.1. The van der Waals surface area contributed by atoms with Gasteiger partial charge in [0.15, 0.2) is 0 Å². The van der Waals surface area contributed by atoms with Crippen molar-refractivity contribution >= 4 is 5.95 Å². The van der Waals surface area contributed by atoms with Crippen molar-refractivity contribution in [2.24, 2.45) is 0 Å². The van der Waals surface area contributed by atoms with Gasteiger partial charge >= 0.3 is 6.18 Å². The van der Waals surface area contributed by atoms with Gasteiger partial charge in [-0.1, -0.05) is 0 Å². The molecule has 1 aliphatic rings. The monoisotopic (exact) mass is 274 g/mol. The maximum Gasteiger partial charge on any atom is 0.433 e. The number of anilines is 1. The third-order valence-corrected chi connectivity index (χ3v) is 3.41. The van der Waals surface area contributed by atoms with Crippen molar-refractivity contribution in [2.75, 3.05) is 32.1 Å². The van der Waals surface area contributed by atoms with E-state index in [1.165, 1.54) is 6.20 Å². The van der Waals surface area contributed by atoms with E-state index in [-0.39, 0.29) is 5.95 Å². The molecular formula is C12H17F3N4. The summed E-state index contributed by atoms with van der Waals surface area (Å²) in [5.74, 6) is 0.173. The average molecular weight is 274 g/mol. The maximum atomic E-state index is 12.6. The van der Waals surface area contributed by atoms with Crippen LogP contribution in [-0.2, 0) is 6.18 Å². The smallest absolute Gasteiger partial charge is 0.341 e. The fraction of sp³-hybridized carbons (Fsp3) is 0.667. The van der Waals surface area contributed by atoms with Crippen LogP contribution >= 0.6 is 0 Å². The van der Waals surface area contributed by atoms with Gasteiger partial charge in [0, 0.05) is 25.3 Å². The van der Waals surface area contributed by atoms with Gasteiger partial charge in [-0.25, -0.2) is 9.97 Å². The summed E-state index contributed by atoms with van der Waals surface area (Å²) < 4.78 is 37.8. The van der Waals surface area contributed by atoms with Crippen molar-refractivity contribution < 1.29 is 13.2 Å². The van der Waals surface area contributed by atoms with Crippen molar-refractivity contribution in [1.29, 1.82) is 0 Å². The molecule has 1 fully saturated rings. The Bertz CT molecular complexity index is 425. The molecule has 0 aliphatic carbocycles. The number of alkyl halides is 3. The summed E-state index contributed by atoms with van der Waals surface area (Å²) in [6.07, 6.45) is -1.43. The zero-order valence-corrected chi connectivity index (χ0v) is 11.0. The molecule has 2 heterocycles. The minimum Gasteiger partial charge on any atom is -0.341 e. The molecule has 0 amide bonds. The lowest BCUT2D eigenvalue weighted by Gasteiger charge is -2.35.